The minimum absolute atomic E-state index is 0. The molecule has 5 nitrogen and oxygen atoms in total. The van der Waals surface area contributed by atoms with Crippen LogP contribution in [-0.4, -0.2) is 35.7 Å². The summed E-state index contributed by atoms with van der Waals surface area (Å²) in [5.74, 6) is 0.419. The van der Waals surface area contributed by atoms with Gasteiger partial charge in [-0.2, -0.15) is 0 Å². The van der Waals surface area contributed by atoms with Crippen molar-refractivity contribution in [2.24, 2.45) is 0 Å². The predicted molar refractivity (Wildman–Crippen MR) is 86.7 cm³/mol. The smallest absolute Gasteiger partial charge is 0.241 e. The van der Waals surface area contributed by atoms with Crippen LogP contribution in [0.5, 0.6) is 5.75 Å². The van der Waals surface area contributed by atoms with Crippen molar-refractivity contribution in [1.29, 1.82) is 0 Å². The lowest BCUT2D eigenvalue weighted by atomic mass is 10.3. The molecule has 0 heterocycles. The lowest BCUT2D eigenvalue weighted by Gasteiger charge is -2.11. The molecule has 20 heavy (non-hydrogen) atoms. The van der Waals surface area contributed by atoms with Crippen LogP contribution in [0.15, 0.2) is 21.5 Å². The first-order chi connectivity index (χ1) is 8.92. The van der Waals surface area contributed by atoms with E-state index in [1.54, 1.807) is 0 Å². The molecule has 9 heteroatoms. The molecule has 0 aliphatic rings. The molecule has 0 aliphatic heterocycles. The van der Waals surface area contributed by atoms with Crippen molar-refractivity contribution in [3.63, 3.8) is 0 Å². The van der Waals surface area contributed by atoms with Crippen molar-refractivity contribution in [3.8, 4) is 5.75 Å². The van der Waals surface area contributed by atoms with Gasteiger partial charge in [-0.15, -0.1) is 12.4 Å². The van der Waals surface area contributed by atoms with Crippen molar-refractivity contribution in [2.75, 3.05) is 27.2 Å². The Balaban J connectivity index is 0.00000361. The molecule has 0 unspecified atom stereocenters. The van der Waals surface area contributed by atoms with Crippen LogP contribution in [0.25, 0.3) is 0 Å². The Morgan fingerprint density at radius 1 is 1.35 bits per heavy atom. The molecule has 0 bridgehead atoms. The number of hydrogen-bond acceptors (Lipinski definition) is 4. The Hall–Kier alpha value is -0.0500. The average Bonchev–Trinajstić information content (AvgIpc) is 2.36. The Labute approximate surface area is 139 Å². The zero-order valence-corrected chi connectivity index (χ0v) is 15.0. The molecule has 1 aromatic rings. The van der Waals surface area contributed by atoms with Gasteiger partial charge in [0.25, 0.3) is 0 Å². The molecule has 1 rings (SSSR count). The second-order valence-corrected chi connectivity index (χ2v) is 6.77. The molecule has 2 N–H and O–H groups in total. The van der Waals surface area contributed by atoms with Crippen LogP contribution in [0, 0.1) is 0 Å². The van der Waals surface area contributed by atoms with E-state index in [-0.39, 0.29) is 22.3 Å². The van der Waals surface area contributed by atoms with Crippen molar-refractivity contribution < 1.29 is 13.2 Å². The molecule has 1 aromatic carbocycles. The normalized spacial score (nSPS) is 11.0. The number of methoxy groups -OCH3 is 1. The summed E-state index contributed by atoms with van der Waals surface area (Å²) in [7, 11) is -0.300. The fourth-order valence-corrected chi connectivity index (χ4v) is 3.85. The highest BCUT2D eigenvalue weighted by atomic mass is 79.9. The predicted octanol–water partition coefficient (Wildman–Crippen LogP) is 2.42. The zero-order valence-electron chi connectivity index (χ0n) is 11.1. The summed E-state index contributed by atoms with van der Waals surface area (Å²) >= 11 is 9.15. The number of hydrogen-bond donors (Lipinski definition) is 2. The highest BCUT2D eigenvalue weighted by molar-refractivity contribution is 9.10. The van der Waals surface area contributed by atoms with Crippen LogP contribution in [0.2, 0.25) is 5.02 Å². The fourth-order valence-electron chi connectivity index (χ4n) is 1.42. The Kier molecular flexibility index (Phi) is 9.04. The van der Waals surface area contributed by atoms with E-state index in [4.69, 9.17) is 16.3 Å². The summed E-state index contributed by atoms with van der Waals surface area (Å²) in [5, 5.41) is 3.20. The van der Waals surface area contributed by atoms with Gasteiger partial charge in [-0.05, 0) is 48.1 Å². The van der Waals surface area contributed by atoms with Crippen LogP contribution in [0.1, 0.15) is 6.42 Å². The molecular formula is C11H17BrCl2N2O3S. The summed E-state index contributed by atoms with van der Waals surface area (Å²) < 4.78 is 32.2. The largest absolute Gasteiger partial charge is 0.495 e. The van der Waals surface area contributed by atoms with Crippen LogP contribution < -0.4 is 14.8 Å². The lowest BCUT2D eigenvalue weighted by Crippen LogP contribution is -2.27. The molecule has 0 amide bonds. The van der Waals surface area contributed by atoms with Gasteiger partial charge in [-0.25, -0.2) is 13.1 Å². The maximum absolute atomic E-state index is 12.1. The SMILES string of the molecule is CNCCCNS(=O)(=O)c1cc(Cl)c(OC)cc1Br.Cl. The fraction of sp³-hybridized carbons (Fsp3) is 0.455. The second kappa shape index (κ2) is 9.07. The van der Waals surface area contributed by atoms with Crippen molar-refractivity contribution >= 4 is 50.0 Å². The van der Waals surface area contributed by atoms with Gasteiger partial charge in [0.1, 0.15) is 5.75 Å². The number of sulfonamides is 1. The molecule has 0 aliphatic carbocycles. The summed E-state index contributed by atoms with van der Waals surface area (Å²) in [6.07, 6.45) is 0.706. The quantitative estimate of drug-likeness (QED) is 0.681. The monoisotopic (exact) mass is 406 g/mol. The average molecular weight is 408 g/mol. The molecule has 0 atom stereocenters. The molecular weight excluding hydrogens is 391 g/mol. The first-order valence-corrected chi connectivity index (χ1v) is 8.25. The molecule has 0 aromatic heterocycles. The number of nitrogens with one attached hydrogen (secondary N) is 2. The topological polar surface area (TPSA) is 67.4 Å². The maximum atomic E-state index is 12.1. The summed E-state index contributed by atoms with van der Waals surface area (Å²) in [4.78, 5) is 0.0998. The van der Waals surface area contributed by atoms with E-state index in [2.05, 4.69) is 26.0 Å². The molecule has 0 saturated carbocycles. The molecule has 0 fully saturated rings. The van der Waals surface area contributed by atoms with Crippen LogP contribution >= 0.6 is 39.9 Å². The van der Waals surface area contributed by atoms with Gasteiger partial charge in [0.15, 0.2) is 0 Å². The lowest BCUT2D eigenvalue weighted by molar-refractivity contribution is 0.414. The van der Waals surface area contributed by atoms with E-state index in [9.17, 15) is 8.42 Å². The number of halogens is 3. The van der Waals surface area contributed by atoms with E-state index < -0.39 is 10.0 Å². The highest BCUT2D eigenvalue weighted by Gasteiger charge is 2.19. The van der Waals surface area contributed by atoms with Crippen molar-refractivity contribution in [3.05, 3.63) is 21.6 Å². The van der Waals surface area contributed by atoms with Gasteiger partial charge < -0.3 is 10.1 Å². The number of benzene rings is 1. The molecule has 116 valence electrons. The molecule has 0 saturated heterocycles. The molecule has 0 radical (unpaired) electrons. The summed E-state index contributed by atoms with van der Waals surface area (Å²) in [6.45, 7) is 1.10. The third kappa shape index (κ3) is 5.38. The third-order valence-electron chi connectivity index (χ3n) is 2.39. The summed E-state index contributed by atoms with van der Waals surface area (Å²) in [5.41, 5.74) is 0. The van der Waals surface area contributed by atoms with Gasteiger partial charge in [0, 0.05) is 11.0 Å². The zero-order chi connectivity index (χ0) is 14.5. The van der Waals surface area contributed by atoms with Gasteiger partial charge in [0.05, 0.1) is 17.0 Å². The minimum Gasteiger partial charge on any atom is -0.495 e. The van der Waals surface area contributed by atoms with Gasteiger partial charge in [-0.3, -0.25) is 0 Å². The van der Waals surface area contributed by atoms with E-state index in [0.29, 0.717) is 23.2 Å². The van der Waals surface area contributed by atoms with E-state index in [0.717, 1.165) is 6.54 Å². The van der Waals surface area contributed by atoms with E-state index in [1.807, 2.05) is 7.05 Å². The van der Waals surface area contributed by atoms with Gasteiger partial charge in [-0.1, -0.05) is 11.6 Å². The first kappa shape index (κ1) is 19.9. The maximum Gasteiger partial charge on any atom is 0.241 e. The van der Waals surface area contributed by atoms with Gasteiger partial charge >= 0.3 is 0 Å². The van der Waals surface area contributed by atoms with Crippen LogP contribution in [-0.2, 0) is 10.0 Å². The van der Waals surface area contributed by atoms with Crippen molar-refractivity contribution in [2.45, 2.75) is 11.3 Å². The summed E-state index contributed by atoms with van der Waals surface area (Å²) in [6, 6.07) is 2.90. The van der Waals surface area contributed by atoms with Crippen LogP contribution in [0.3, 0.4) is 0 Å². The molecule has 0 spiro atoms. The third-order valence-corrected chi connectivity index (χ3v) is 5.11. The number of ether oxygens (including phenoxy) is 1. The highest BCUT2D eigenvalue weighted by Crippen LogP contribution is 2.33. The van der Waals surface area contributed by atoms with Gasteiger partial charge in [0.2, 0.25) is 10.0 Å². The second-order valence-electron chi connectivity index (χ2n) is 3.77. The van der Waals surface area contributed by atoms with E-state index >= 15 is 0 Å². The Bertz CT molecular complexity index is 541. The first-order valence-electron chi connectivity index (χ1n) is 5.59. The standard InChI is InChI=1S/C11H16BrClN2O3S.ClH/c1-14-4-3-5-15-19(16,17)11-7-9(13)10(18-2)6-8(11)12;/h6-7,14-15H,3-5H2,1-2H3;1H. The minimum atomic E-state index is -3.58. The van der Waals surface area contributed by atoms with Crippen LogP contribution in [0.4, 0.5) is 0 Å². The van der Waals surface area contributed by atoms with E-state index in [1.165, 1.54) is 19.2 Å². The van der Waals surface area contributed by atoms with Crippen molar-refractivity contribution in [1.82, 2.24) is 10.0 Å². The Morgan fingerprint density at radius 2 is 2.00 bits per heavy atom. The number of rotatable bonds is 7. The Morgan fingerprint density at radius 3 is 2.55 bits per heavy atom.